The van der Waals surface area contributed by atoms with Crippen LogP contribution in [0.3, 0.4) is 0 Å². The predicted octanol–water partition coefficient (Wildman–Crippen LogP) is 14.3. The van der Waals surface area contributed by atoms with E-state index < -0.39 is 124 Å². The molecule has 3 rings (SSSR count). The molecule has 0 bridgehead atoms. The van der Waals surface area contributed by atoms with Gasteiger partial charge < -0.3 is 89.9 Å². The normalized spacial score (nSPS) is 26.4. The van der Waals surface area contributed by atoms with Crippen molar-refractivity contribution in [3.8, 4) is 0 Å². The molecular formula is C82H153NO18. The molecule has 17 unspecified atom stereocenters. The zero-order valence-electron chi connectivity index (χ0n) is 63.7. The summed E-state index contributed by atoms with van der Waals surface area (Å²) in [5.41, 5.74) is 0. The number of carbonyl (C=O) groups excluding carboxylic acids is 1. The fourth-order valence-corrected chi connectivity index (χ4v) is 14.2. The van der Waals surface area contributed by atoms with Crippen molar-refractivity contribution >= 4 is 5.91 Å². The van der Waals surface area contributed by atoms with Gasteiger partial charge in [-0.25, -0.2) is 0 Å². The Morgan fingerprint density at radius 1 is 0.356 bits per heavy atom. The topological polar surface area (TPSA) is 307 Å². The van der Waals surface area contributed by atoms with Crippen LogP contribution in [0.15, 0.2) is 36.5 Å². The minimum atomic E-state index is -1.98. The van der Waals surface area contributed by atoms with Gasteiger partial charge in [0.05, 0.1) is 38.6 Å². The monoisotopic (exact) mass is 1440 g/mol. The van der Waals surface area contributed by atoms with E-state index in [1.165, 1.54) is 270 Å². The van der Waals surface area contributed by atoms with Crippen LogP contribution in [0.25, 0.3) is 0 Å². The summed E-state index contributed by atoms with van der Waals surface area (Å²) in [6, 6.07) is -0.971. The fraction of sp³-hybridized carbons (Fsp3) is 0.915. The van der Waals surface area contributed by atoms with Gasteiger partial charge in [0.15, 0.2) is 18.9 Å². The Balaban J connectivity index is 1.27. The van der Waals surface area contributed by atoms with E-state index in [9.17, 15) is 61.0 Å². The molecule has 12 N–H and O–H groups in total. The SMILES string of the molecule is CCCCCCC/C=C\C/C=C\CCCCCCCCCCCCCCCCCCCCCCCCCCCCCCCC(=O)NC(COC1OC(CO)C(OC2OC(CO)C(OC3OC(CO)C(O)C(O)C3O)C(O)C2O)C(O)C1O)C(O)/C=C/CCCCCCCCCCCCCCC. The highest BCUT2D eigenvalue weighted by Gasteiger charge is 2.54. The molecule has 0 aromatic heterocycles. The van der Waals surface area contributed by atoms with Gasteiger partial charge in [0, 0.05) is 6.42 Å². The Hall–Kier alpha value is -1.99. The van der Waals surface area contributed by atoms with Gasteiger partial charge in [0.25, 0.3) is 0 Å². The summed E-state index contributed by atoms with van der Waals surface area (Å²) < 4.78 is 34.4. The van der Waals surface area contributed by atoms with Crippen LogP contribution in [-0.2, 0) is 33.2 Å². The maximum absolute atomic E-state index is 13.5. The van der Waals surface area contributed by atoms with Crippen molar-refractivity contribution in [2.24, 2.45) is 0 Å². The van der Waals surface area contributed by atoms with E-state index in [1.54, 1.807) is 6.08 Å². The van der Waals surface area contributed by atoms with Crippen LogP contribution in [0.1, 0.15) is 348 Å². The number of hydrogen-bond donors (Lipinski definition) is 12. The summed E-state index contributed by atoms with van der Waals surface area (Å²) in [4.78, 5) is 13.5. The first-order valence-corrected chi connectivity index (χ1v) is 41.7. The molecule has 1 amide bonds. The van der Waals surface area contributed by atoms with Crippen LogP contribution < -0.4 is 5.32 Å². The van der Waals surface area contributed by atoms with E-state index in [-0.39, 0.29) is 18.9 Å². The molecule has 0 aromatic rings. The van der Waals surface area contributed by atoms with Crippen molar-refractivity contribution in [1.29, 1.82) is 0 Å². The van der Waals surface area contributed by atoms with Crippen LogP contribution in [0, 0.1) is 0 Å². The number of rotatable bonds is 67. The lowest BCUT2D eigenvalue weighted by Gasteiger charge is -2.48. The number of ether oxygens (including phenoxy) is 6. The molecule has 3 saturated heterocycles. The third-order valence-electron chi connectivity index (χ3n) is 20.9. The van der Waals surface area contributed by atoms with E-state index in [1.807, 2.05) is 6.08 Å². The largest absolute Gasteiger partial charge is 0.394 e. The minimum Gasteiger partial charge on any atom is -0.394 e. The number of nitrogens with one attached hydrogen (secondary N) is 1. The molecule has 0 radical (unpaired) electrons. The summed E-state index contributed by atoms with van der Waals surface area (Å²) in [6.45, 7) is 1.76. The molecule has 19 nitrogen and oxygen atoms in total. The van der Waals surface area contributed by atoms with Crippen LogP contribution in [-0.4, -0.2) is 193 Å². The Kier molecular flexibility index (Phi) is 58.1. The summed E-state index contributed by atoms with van der Waals surface area (Å²) in [5, 5.41) is 121. The predicted molar refractivity (Wildman–Crippen MR) is 402 cm³/mol. The molecule has 594 valence electrons. The second-order valence-corrected chi connectivity index (χ2v) is 29.9. The zero-order valence-corrected chi connectivity index (χ0v) is 63.7. The van der Waals surface area contributed by atoms with Crippen LogP contribution in [0.4, 0.5) is 0 Å². The van der Waals surface area contributed by atoms with Crippen LogP contribution >= 0.6 is 0 Å². The van der Waals surface area contributed by atoms with Gasteiger partial charge >= 0.3 is 0 Å². The molecule has 101 heavy (non-hydrogen) atoms. The van der Waals surface area contributed by atoms with E-state index in [2.05, 4.69) is 43.5 Å². The minimum absolute atomic E-state index is 0.248. The van der Waals surface area contributed by atoms with Crippen LogP contribution in [0.5, 0.6) is 0 Å². The van der Waals surface area contributed by atoms with E-state index in [0.717, 1.165) is 51.4 Å². The first kappa shape index (κ1) is 93.2. The molecule has 0 aromatic carbocycles. The molecule has 0 spiro atoms. The molecule has 3 aliphatic rings. The molecule has 0 saturated carbocycles. The Morgan fingerprint density at radius 3 is 1.01 bits per heavy atom. The summed E-state index contributed by atoms with van der Waals surface area (Å²) >= 11 is 0. The lowest BCUT2D eigenvalue weighted by Crippen LogP contribution is -2.66. The zero-order chi connectivity index (χ0) is 73.2. The Labute approximate surface area is 612 Å². The highest BCUT2D eigenvalue weighted by atomic mass is 16.8. The van der Waals surface area contributed by atoms with Gasteiger partial charge in [-0.15, -0.1) is 0 Å². The highest BCUT2D eigenvalue weighted by Crippen LogP contribution is 2.33. The highest BCUT2D eigenvalue weighted by molar-refractivity contribution is 5.76. The molecule has 3 fully saturated rings. The van der Waals surface area contributed by atoms with E-state index >= 15 is 0 Å². The molecule has 17 atom stereocenters. The molecular weight excluding hydrogens is 1290 g/mol. The van der Waals surface area contributed by atoms with Crippen molar-refractivity contribution < 1.29 is 89.4 Å². The van der Waals surface area contributed by atoms with Gasteiger partial charge in [0.2, 0.25) is 5.91 Å². The molecule has 19 heteroatoms. The van der Waals surface area contributed by atoms with Gasteiger partial charge in [0.1, 0.15) is 73.2 Å². The maximum Gasteiger partial charge on any atom is 0.220 e. The van der Waals surface area contributed by atoms with Gasteiger partial charge in [-0.1, -0.05) is 326 Å². The summed E-state index contributed by atoms with van der Waals surface area (Å²) in [5.74, 6) is -0.269. The van der Waals surface area contributed by atoms with Crippen molar-refractivity contribution in [2.45, 2.75) is 452 Å². The second-order valence-electron chi connectivity index (χ2n) is 29.9. The molecule has 0 aliphatic carbocycles. The smallest absolute Gasteiger partial charge is 0.220 e. The lowest BCUT2D eigenvalue weighted by atomic mass is 9.96. The van der Waals surface area contributed by atoms with Crippen molar-refractivity contribution in [3.05, 3.63) is 36.5 Å². The fourth-order valence-electron chi connectivity index (χ4n) is 14.2. The number of carbonyl (C=O) groups is 1. The van der Waals surface area contributed by atoms with Crippen molar-refractivity contribution in [2.75, 3.05) is 26.4 Å². The van der Waals surface area contributed by atoms with Gasteiger partial charge in [-0.05, 0) is 51.4 Å². The third kappa shape index (κ3) is 43.0. The van der Waals surface area contributed by atoms with Gasteiger partial charge in [-0.2, -0.15) is 0 Å². The average Bonchev–Trinajstić information content (AvgIpc) is 0.782. The van der Waals surface area contributed by atoms with Crippen LogP contribution in [0.2, 0.25) is 0 Å². The third-order valence-corrected chi connectivity index (χ3v) is 20.9. The average molecular weight is 1440 g/mol. The number of amides is 1. The number of aliphatic hydroxyl groups is 11. The first-order chi connectivity index (χ1) is 49.3. The lowest BCUT2D eigenvalue weighted by molar-refractivity contribution is -0.379. The Morgan fingerprint density at radius 2 is 0.653 bits per heavy atom. The summed E-state index contributed by atoms with van der Waals surface area (Å²) in [6.07, 6.45) is 51.7. The number of allylic oxidation sites excluding steroid dienone is 5. The maximum atomic E-state index is 13.5. The molecule has 3 aliphatic heterocycles. The summed E-state index contributed by atoms with van der Waals surface area (Å²) in [7, 11) is 0. The van der Waals surface area contributed by atoms with Crippen molar-refractivity contribution in [3.63, 3.8) is 0 Å². The van der Waals surface area contributed by atoms with E-state index in [0.29, 0.717) is 6.42 Å². The first-order valence-electron chi connectivity index (χ1n) is 41.7. The number of aliphatic hydroxyl groups excluding tert-OH is 11. The van der Waals surface area contributed by atoms with Gasteiger partial charge in [-0.3, -0.25) is 4.79 Å². The number of unbranched alkanes of at least 4 members (excludes halogenated alkanes) is 47. The Bertz CT molecular complexity index is 1960. The standard InChI is InChI=1S/C82H153NO18/c1-3-5-7-9-11-13-15-17-19-20-21-22-23-24-25-26-27-28-29-30-31-32-33-34-35-36-37-38-39-40-41-42-43-44-46-48-50-52-54-56-58-60-70(88)83-65(66(87)59-57-55-53-51-49-47-45-18-16-14-12-10-8-6-4-2)64-96-80-76(94)73(91)78(68(62-85)98-80)101-82-77(95)74(92)79(69(63-86)99-82)100-81-75(93)72(90)71(89)67(61-84)97-81/h15,17,20-21,57,59,65-69,71-82,84-87,89-95H,3-14,16,18-19,22-56,58,60-64H2,1-2H3,(H,83,88)/b17-15-,21-20-,59-57+. The quantitative estimate of drug-likeness (QED) is 0.0199. The molecule has 3 heterocycles. The number of hydrogen-bond acceptors (Lipinski definition) is 18. The van der Waals surface area contributed by atoms with Crippen molar-refractivity contribution in [1.82, 2.24) is 5.32 Å². The van der Waals surface area contributed by atoms with E-state index in [4.69, 9.17) is 28.4 Å². The second kappa shape index (κ2) is 63.0.